The monoisotopic (exact) mass is 618 g/mol. The van der Waals surface area contributed by atoms with E-state index < -0.39 is 0 Å². The maximum Gasteiger partial charge on any atom is 0.189 e. The first-order chi connectivity index (χ1) is 21.5. The van der Waals surface area contributed by atoms with Gasteiger partial charge in [-0.25, -0.2) is 0 Å². The lowest BCUT2D eigenvalue weighted by atomic mass is 9.86. The van der Waals surface area contributed by atoms with Crippen LogP contribution in [-0.4, -0.2) is 17.2 Å². The number of allylic oxidation sites excluding steroid dienone is 21. The fourth-order valence-electron chi connectivity index (χ4n) is 5.49. The van der Waals surface area contributed by atoms with Gasteiger partial charge in [0.05, 0.1) is 0 Å². The molecule has 4 rings (SSSR count). The third-order valence-corrected chi connectivity index (χ3v) is 8.45. The smallest absolute Gasteiger partial charge is 0.189 e. The summed E-state index contributed by atoms with van der Waals surface area (Å²) < 4.78 is 12.3. The average molecular weight is 619 g/mol. The lowest BCUT2D eigenvalue weighted by molar-refractivity contribution is -0.113. The Balaban J connectivity index is 1.56. The Kier molecular flexibility index (Phi) is 10.6. The summed E-state index contributed by atoms with van der Waals surface area (Å²) in [5.41, 5.74) is 3.55. The van der Waals surface area contributed by atoms with Crippen LogP contribution < -0.4 is 0 Å². The zero-order valence-electron chi connectivity index (χ0n) is 29.2. The van der Waals surface area contributed by atoms with Crippen LogP contribution in [0.1, 0.15) is 69.2 Å². The number of Topliss-reactive ketones (excluding diaryl/α,β-unsaturated/α-hetero) is 2. The van der Waals surface area contributed by atoms with Crippen LogP contribution in [0.3, 0.4) is 0 Å². The molecule has 0 N–H and O–H groups in total. The van der Waals surface area contributed by atoms with Gasteiger partial charge in [0.1, 0.15) is 22.9 Å². The Hall–Kier alpha value is -4.18. The van der Waals surface area contributed by atoms with Gasteiger partial charge in [0, 0.05) is 46.0 Å². The van der Waals surface area contributed by atoms with Crippen LogP contribution in [0.2, 0.25) is 0 Å². The summed E-state index contributed by atoms with van der Waals surface area (Å²) in [5.74, 6) is 1.97. The highest BCUT2D eigenvalue weighted by Gasteiger charge is 2.26. The average Bonchev–Trinajstić information content (AvgIpc) is 3.43. The number of carbonyl (C=O) groups excluding carboxylic acids is 2. The molecule has 0 aliphatic heterocycles. The fraction of sp³-hybridized carbons (Fsp3) is 0.381. The van der Waals surface area contributed by atoms with Gasteiger partial charge in [-0.3, -0.25) is 9.59 Å². The molecule has 0 spiro atoms. The molecule has 0 aromatic carbocycles. The van der Waals surface area contributed by atoms with E-state index in [9.17, 15) is 9.59 Å². The second-order valence-corrected chi connectivity index (χ2v) is 14.6. The summed E-state index contributed by atoms with van der Waals surface area (Å²) in [6, 6.07) is 0. The van der Waals surface area contributed by atoms with Crippen molar-refractivity contribution in [2.75, 3.05) is 0 Å². The van der Waals surface area contributed by atoms with Gasteiger partial charge >= 0.3 is 0 Å². The van der Waals surface area contributed by atoms with E-state index in [1.807, 2.05) is 101 Å². The van der Waals surface area contributed by atoms with Crippen molar-refractivity contribution in [2.45, 2.75) is 74.8 Å². The molecule has 4 aliphatic rings. The van der Waals surface area contributed by atoms with E-state index in [4.69, 9.17) is 9.47 Å². The summed E-state index contributed by atoms with van der Waals surface area (Å²) in [6.45, 7) is 20.7. The molecule has 242 valence electrons. The summed E-state index contributed by atoms with van der Waals surface area (Å²) >= 11 is 0. The molecule has 46 heavy (non-hydrogen) atoms. The van der Waals surface area contributed by atoms with Crippen molar-refractivity contribution >= 4 is 11.6 Å². The third-order valence-electron chi connectivity index (χ3n) is 8.45. The van der Waals surface area contributed by atoms with Crippen molar-refractivity contribution in [3.8, 4) is 0 Å². The van der Waals surface area contributed by atoms with Gasteiger partial charge in [0.2, 0.25) is 0 Å². The number of carbonyl (C=O) groups is 2. The van der Waals surface area contributed by atoms with E-state index in [1.54, 1.807) is 6.08 Å². The van der Waals surface area contributed by atoms with Crippen LogP contribution in [0.5, 0.6) is 0 Å². The molecule has 0 radical (unpaired) electrons. The first-order valence-electron chi connectivity index (χ1n) is 16.4. The Morgan fingerprint density at radius 1 is 0.543 bits per heavy atom. The van der Waals surface area contributed by atoms with E-state index in [1.165, 1.54) is 5.57 Å². The highest BCUT2D eigenvalue weighted by Crippen LogP contribution is 2.33. The highest BCUT2D eigenvalue weighted by molar-refractivity contribution is 6.13. The molecule has 4 heteroatoms. The topological polar surface area (TPSA) is 52.6 Å². The van der Waals surface area contributed by atoms with E-state index in [-0.39, 0.29) is 46.3 Å². The molecular weight excluding hydrogens is 568 g/mol. The van der Waals surface area contributed by atoms with Gasteiger partial charge in [-0.15, -0.1) is 0 Å². The number of ether oxygens (including phenoxy) is 2. The molecule has 0 saturated carbocycles. The molecule has 0 saturated heterocycles. The Morgan fingerprint density at radius 3 is 1.67 bits per heavy atom. The molecule has 4 atom stereocenters. The molecule has 0 aromatic heterocycles. The molecule has 4 unspecified atom stereocenters. The van der Waals surface area contributed by atoms with E-state index in [0.717, 1.165) is 17.1 Å². The van der Waals surface area contributed by atoms with E-state index in [0.29, 0.717) is 22.5 Å². The number of hydrogen-bond donors (Lipinski definition) is 0. The van der Waals surface area contributed by atoms with Crippen LogP contribution in [0.25, 0.3) is 0 Å². The van der Waals surface area contributed by atoms with Crippen molar-refractivity contribution < 1.29 is 19.1 Å². The maximum atomic E-state index is 13.8. The summed E-state index contributed by atoms with van der Waals surface area (Å²) in [4.78, 5) is 27.7. The highest BCUT2D eigenvalue weighted by atomic mass is 16.5. The lowest BCUT2D eigenvalue weighted by Gasteiger charge is -2.21. The van der Waals surface area contributed by atoms with Gasteiger partial charge in [0.25, 0.3) is 0 Å². The molecule has 4 aliphatic carbocycles. The summed E-state index contributed by atoms with van der Waals surface area (Å²) in [7, 11) is 0. The number of rotatable bonds is 7. The van der Waals surface area contributed by atoms with Crippen LogP contribution in [0, 0.1) is 29.1 Å². The van der Waals surface area contributed by atoms with E-state index >= 15 is 0 Å². The van der Waals surface area contributed by atoms with Crippen LogP contribution in [0.15, 0.2) is 142 Å². The van der Waals surface area contributed by atoms with Crippen molar-refractivity contribution in [2.24, 2.45) is 29.1 Å². The van der Waals surface area contributed by atoms with Crippen molar-refractivity contribution in [1.29, 1.82) is 0 Å². The SMILES string of the molecule is CC1C=CC(OC(C)(C)C)=CC=C1OC1=CC=C(C(=O)C2=CC=C(C(=O)C3=CC=C(C(C)(C)C)C=CC3C)C(C)C=C2)C(C)C=C1. The Morgan fingerprint density at radius 2 is 1.04 bits per heavy atom. The maximum absolute atomic E-state index is 13.8. The summed E-state index contributed by atoms with van der Waals surface area (Å²) in [5, 5.41) is 0. The Bertz CT molecular complexity index is 1620. The van der Waals surface area contributed by atoms with E-state index in [2.05, 4.69) is 58.9 Å². The molecule has 0 bridgehead atoms. The Labute approximate surface area is 276 Å². The predicted octanol–water partition coefficient (Wildman–Crippen LogP) is 10.1. The van der Waals surface area contributed by atoms with Gasteiger partial charge in [0.15, 0.2) is 11.6 Å². The molecule has 0 fully saturated rings. The summed E-state index contributed by atoms with van der Waals surface area (Å²) in [6.07, 6.45) is 31.2. The van der Waals surface area contributed by atoms with Crippen LogP contribution in [0.4, 0.5) is 0 Å². The molecular formula is C42H50O4. The first kappa shape index (κ1) is 34.7. The van der Waals surface area contributed by atoms with Gasteiger partial charge < -0.3 is 9.47 Å². The molecule has 4 nitrogen and oxygen atoms in total. The van der Waals surface area contributed by atoms with Gasteiger partial charge in [-0.2, -0.15) is 0 Å². The molecule has 0 heterocycles. The minimum absolute atomic E-state index is 0.00698. The third kappa shape index (κ3) is 8.75. The zero-order chi connectivity index (χ0) is 33.8. The quantitative estimate of drug-likeness (QED) is 0.285. The standard InChI is InChI=1S/C42H50O4/c1-27-11-15-31(16-23-36(27)40(44)37-24-18-32(41(5,6)7)17-12-28(37)2)39(43)35-25-21-33(19-13-29(35)3)45-38-26-22-34(20-14-30(38)4)46-42(8,9)10/h11-30H,1-10H3. The molecule has 0 aromatic rings. The van der Waals surface area contributed by atoms with Gasteiger partial charge in [-0.1, -0.05) is 115 Å². The van der Waals surface area contributed by atoms with Crippen LogP contribution >= 0.6 is 0 Å². The van der Waals surface area contributed by atoms with Crippen molar-refractivity contribution in [1.82, 2.24) is 0 Å². The second-order valence-electron chi connectivity index (χ2n) is 14.6. The van der Waals surface area contributed by atoms with Crippen LogP contribution in [-0.2, 0) is 19.1 Å². The molecule has 0 amide bonds. The fourth-order valence-corrected chi connectivity index (χ4v) is 5.49. The van der Waals surface area contributed by atoms with Crippen molar-refractivity contribution in [3.05, 3.63) is 142 Å². The number of hydrogen-bond acceptors (Lipinski definition) is 4. The second kappa shape index (κ2) is 14.1. The largest absolute Gasteiger partial charge is 0.488 e. The first-order valence-corrected chi connectivity index (χ1v) is 16.4. The van der Waals surface area contributed by atoms with Gasteiger partial charge in [-0.05, 0) is 62.1 Å². The minimum Gasteiger partial charge on any atom is -0.488 e. The number of ketones is 2. The minimum atomic E-state index is -0.293. The zero-order valence-corrected chi connectivity index (χ0v) is 29.2. The van der Waals surface area contributed by atoms with Crippen molar-refractivity contribution in [3.63, 3.8) is 0 Å². The predicted molar refractivity (Wildman–Crippen MR) is 189 cm³/mol. The lowest BCUT2D eigenvalue weighted by Crippen LogP contribution is -2.17. The normalized spacial score (nSPS) is 25.2.